The SMILES string of the molecule is C[C@@]1(O)[C@@H](CO)O[C@@H](n2cnc3c(=O)[nH]c(N)nc32)[C@@]1(O)F.Cc1cn([C@@H]2O[C@H](CO)[C@@H](OP(=O)(O)O)[C@H]2O)c(=O)[nH]c1=O. The Balaban J connectivity index is 0.000000201. The van der Waals surface area contributed by atoms with E-state index in [4.69, 9.17) is 30.1 Å². The molecule has 2 saturated heterocycles. The maximum Gasteiger partial charge on any atom is 0.470 e. The topological polar surface area (TPSA) is 331 Å². The number of nitrogen functional groups attached to an aromatic ring is 1. The molecule has 244 valence electrons. The van der Waals surface area contributed by atoms with Crippen LogP contribution < -0.4 is 22.5 Å². The zero-order valence-corrected chi connectivity index (χ0v) is 23.6. The number of phosphoric acid groups is 1. The van der Waals surface area contributed by atoms with Crippen LogP contribution in [0, 0.1) is 6.92 Å². The van der Waals surface area contributed by atoms with Crippen molar-refractivity contribution in [2.24, 2.45) is 0 Å². The number of nitrogens with one attached hydrogen (secondary N) is 2. The summed E-state index contributed by atoms with van der Waals surface area (Å²) in [5, 5.41) is 48.5. The van der Waals surface area contributed by atoms with Crippen LogP contribution in [0.1, 0.15) is 24.9 Å². The molecule has 0 saturated carbocycles. The van der Waals surface area contributed by atoms with Gasteiger partial charge in [0.05, 0.1) is 19.5 Å². The Morgan fingerprint density at radius 1 is 1.14 bits per heavy atom. The summed E-state index contributed by atoms with van der Waals surface area (Å²) in [7, 11) is -4.95. The Bertz CT molecular complexity index is 1750. The second-order valence-corrected chi connectivity index (χ2v) is 11.2. The minimum Gasteiger partial charge on any atom is -0.394 e. The maximum absolute atomic E-state index is 14.7. The number of aliphatic hydroxyl groups excluding tert-OH is 3. The van der Waals surface area contributed by atoms with Crippen LogP contribution >= 0.6 is 7.82 Å². The molecule has 3 aromatic heterocycles. The van der Waals surface area contributed by atoms with Gasteiger partial charge >= 0.3 is 13.5 Å². The summed E-state index contributed by atoms with van der Waals surface area (Å²) < 4.78 is 42.2. The minimum atomic E-state index is -4.95. The fourth-order valence-corrected chi connectivity index (χ4v) is 5.18. The van der Waals surface area contributed by atoms with Gasteiger partial charge in [0.25, 0.3) is 17.0 Å². The summed E-state index contributed by atoms with van der Waals surface area (Å²) in [5.41, 5.74) is 0.806. The van der Waals surface area contributed by atoms with Crippen molar-refractivity contribution < 1.29 is 58.3 Å². The Hall–Kier alpha value is -3.41. The van der Waals surface area contributed by atoms with Gasteiger partial charge in [-0.05, 0) is 13.8 Å². The van der Waals surface area contributed by atoms with E-state index in [1.54, 1.807) is 0 Å². The number of hydrogen-bond donors (Lipinski definition) is 10. The summed E-state index contributed by atoms with van der Waals surface area (Å²) in [5.74, 6) is -3.49. The lowest BCUT2D eigenvalue weighted by molar-refractivity contribution is -0.229. The standard InChI is InChI=1S/C11H14FN5O5.C10H15N2O9P/c1-10(20)4(2-18)22-8(11(10,12)21)17-3-14-5-6(17)15-9(13)16-7(5)19;1-4-2-12(10(16)11-8(4)15)9-6(14)7(5(3-13)20-9)21-22(17,18)19/h3-4,8,18,20-21H,2H2,1H3,(H3,13,15,16,19);2,5-7,9,13-14H,3H2,1H3,(H,11,15,16)(H2,17,18,19)/t4-,8-,10-,11+;5-,6-,7-,9-/m11/s1. The molecule has 3 aromatic rings. The predicted molar refractivity (Wildman–Crippen MR) is 140 cm³/mol. The van der Waals surface area contributed by atoms with Gasteiger partial charge in [0, 0.05) is 11.8 Å². The van der Waals surface area contributed by atoms with Crippen molar-refractivity contribution in [2.75, 3.05) is 18.9 Å². The van der Waals surface area contributed by atoms with E-state index in [9.17, 15) is 43.8 Å². The molecule has 0 bridgehead atoms. The van der Waals surface area contributed by atoms with Gasteiger partial charge in [0.15, 0.2) is 29.2 Å². The monoisotopic (exact) mass is 653 g/mol. The van der Waals surface area contributed by atoms with E-state index >= 15 is 0 Å². The maximum atomic E-state index is 14.7. The average molecular weight is 653 g/mol. The molecule has 23 heteroatoms. The van der Waals surface area contributed by atoms with Gasteiger partial charge in [0.2, 0.25) is 5.95 Å². The van der Waals surface area contributed by atoms with Crippen LogP contribution in [0.5, 0.6) is 0 Å². The molecular weight excluding hydrogens is 624 g/mol. The summed E-state index contributed by atoms with van der Waals surface area (Å²) >= 11 is 0. The van der Waals surface area contributed by atoms with Gasteiger partial charge in [-0.1, -0.05) is 0 Å². The molecule has 11 N–H and O–H groups in total. The van der Waals surface area contributed by atoms with Gasteiger partial charge in [-0.2, -0.15) is 4.98 Å². The molecule has 8 atom stereocenters. The second-order valence-electron chi connectivity index (χ2n) is 10.0. The summed E-state index contributed by atoms with van der Waals surface area (Å²) in [6.45, 7) is 0.985. The molecule has 0 unspecified atom stereocenters. The molecule has 2 aliphatic rings. The Kier molecular flexibility index (Phi) is 9.00. The first-order valence-corrected chi connectivity index (χ1v) is 14.0. The number of phosphoric ester groups is 1. The van der Waals surface area contributed by atoms with Crippen molar-refractivity contribution in [3.8, 4) is 0 Å². The number of aryl methyl sites for hydroxylation is 1. The molecule has 0 amide bonds. The van der Waals surface area contributed by atoms with E-state index in [2.05, 4.69) is 19.5 Å². The number of anilines is 1. The number of nitrogens with zero attached hydrogens (tertiary/aromatic N) is 4. The van der Waals surface area contributed by atoms with E-state index in [0.717, 1.165) is 28.6 Å². The highest BCUT2D eigenvalue weighted by molar-refractivity contribution is 7.46. The Labute approximate surface area is 243 Å². The van der Waals surface area contributed by atoms with Crippen LogP contribution in [0.25, 0.3) is 11.2 Å². The van der Waals surface area contributed by atoms with E-state index in [1.807, 2.05) is 4.98 Å². The van der Waals surface area contributed by atoms with Crippen LogP contribution in [0.3, 0.4) is 0 Å². The number of nitrogens with two attached hydrogens (primary N) is 1. The highest BCUT2D eigenvalue weighted by atomic mass is 31.2. The first kappa shape index (κ1) is 33.5. The number of aromatic amines is 2. The Morgan fingerprint density at radius 2 is 1.80 bits per heavy atom. The van der Waals surface area contributed by atoms with Gasteiger partial charge in [-0.15, -0.1) is 0 Å². The molecule has 0 aromatic carbocycles. The van der Waals surface area contributed by atoms with Crippen molar-refractivity contribution >= 4 is 24.9 Å². The molecule has 21 nitrogen and oxygen atoms in total. The quantitative estimate of drug-likeness (QED) is 0.112. The van der Waals surface area contributed by atoms with Crippen molar-refractivity contribution in [3.63, 3.8) is 0 Å². The summed E-state index contributed by atoms with van der Waals surface area (Å²) in [6.07, 6.45) is -6.82. The third-order valence-electron chi connectivity index (χ3n) is 6.99. The number of aliphatic hydroxyl groups is 5. The van der Waals surface area contributed by atoms with Gasteiger partial charge in [0.1, 0.15) is 24.4 Å². The predicted octanol–water partition coefficient (Wildman–Crippen LogP) is -4.43. The van der Waals surface area contributed by atoms with Crippen LogP contribution in [0.4, 0.5) is 10.3 Å². The molecular formula is C21H29FN7O14P. The number of fused-ring (bicyclic) bond motifs is 1. The largest absolute Gasteiger partial charge is 0.470 e. The lowest BCUT2D eigenvalue weighted by atomic mass is 9.92. The van der Waals surface area contributed by atoms with Crippen LogP contribution in [0.15, 0.2) is 26.9 Å². The first-order valence-electron chi connectivity index (χ1n) is 12.5. The smallest absolute Gasteiger partial charge is 0.394 e. The minimum absolute atomic E-state index is 0.128. The number of ether oxygens (including phenoxy) is 2. The fourth-order valence-electron chi connectivity index (χ4n) is 4.60. The van der Waals surface area contributed by atoms with E-state index < -0.39 is 86.2 Å². The van der Waals surface area contributed by atoms with E-state index in [1.165, 1.54) is 6.92 Å². The Morgan fingerprint density at radius 3 is 2.36 bits per heavy atom. The third kappa shape index (κ3) is 5.97. The normalized spacial score (nSPS) is 32.1. The van der Waals surface area contributed by atoms with Crippen molar-refractivity contribution in [1.29, 1.82) is 0 Å². The van der Waals surface area contributed by atoms with Gasteiger partial charge in [-0.3, -0.25) is 33.2 Å². The highest BCUT2D eigenvalue weighted by Crippen LogP contribution is 2.47. The molecule has 0 aliphatic carbocycles. The molecule has 0 radical (unpaired) electrons. The van der Waals surface area contributed by atoms with Gasteiger partial charge < -0.3 is 50.5 Å². The fraction of sp³-hybridized carbons (Fsp3) is 0.571. The van der Waals surface area contributed by atoms with Crippen LogP contribution in [-0.4, -0.2) is 113 Å². The lowest BCUT2D eigenvalue weighted by Gasteiger charge is -2.30. The highest BCUT2D eigenvalue weighted by Gasteiger charge is 2.65. The zero-order chi connectivity index (χ0) is 32.9. The number of aromatic nitrogens is 6. The summed E-state index contributed by atoms with van der Waals surface area (Å²) in [4.78, 5) is 64.3. The second kappa shape index (κ2) is 11.8. The molecule has 5 heterocycles. The van der Waals surface area contributed by atoms with Crippen molar-refractivity contribution in [2.45, 2.75) is 62.2 Å². The summed E-state index contributed by atoms with van der Waals surface area (Å²) in [6, 6.07) is 0. The number of alkyl halides is 1. The first-order chi connectivity index (χ1) is 20.3. The van der Waals surface area contributed by atoms with Crippen LogP contribution in [0.2, 0.25) is 0 Å². The number of hydrogen-bond acceptors (Lipinski definition) is 15. The average Bonchev–Trinajstić information content (AvgIpc) is 3.52. The van der Waals surface area contributed by atoms with Crippen molar-refractivity contribution in [3.05, 3.63) is 49.3 Å². The zero-order valence-electron chi connectivity index (χ0n) is 22.7. The molecule has 5 rings (SSSR count). The van der Waals surface area contributed by atoms with Gasteiger partial charge in [-0.25, -0.2) is 18.7 Å². The van der Waals surface area contributed by atoms with Crippen LogP contribution in [-0.2, 0) is 18.6 Å². The lowest BCUT2D eigenvalue weighted by Crippen LogP contribution is -2.53. The van der Waals surface area contributed by atoms with Crippen molar-refractivity contribution in [1.82, 2.24) is 29.1 Å². The number of rotatable bonds is 6. The molecule has 2 fully saturated rings. The number of halogens is 1. The molecule has 2 aliphatic heterocycles. The number of H-pyrrole nitrogens is 2. The van der Waals surface area contributed by atoms with E-state index in [-0.39, 0.29) is 22.7 Å². The van der Waals surface area contributed by atoms with E-state index in [0.29, 0.717) is 0 Å². The molecule has 44 heavy (non-hydrogen) atoms. The third-order valence-corrected chi connectivity index (χ3v) is 7.51. The molecule has 0 spiro atoms. The number of imidazole rings is 1.